The largest absolute Gasteiger partial charge is 0.480 e. The van der Waals surface area contributed by atoms with Crippen molar-refractivity contribution in [3.05, 3.63) is 18.2 Å². The Labute approximate surface area is 97.5 Å². The first-order valence-electron chi connectivity index (χ1n) is 5.00. The number of rotatable bonds is 6. The number of aromatic nitrogens is 2. The summed E-state index contributed by atoms with van der Waals surface area (Å²) in [7, 11) is 0. The summed E-state index contributed by atoms with van der Waals surface area (Å²) in [5.74, 6) is -1.57. The van der Waals surface area contributed by atoms with Crippen molar-refractivity contribution in [1.82, 2.24) is 15.3 Å². The molecule has 0 radical (unpaired) electrons. The van der Waals surface area contributed by atoms with Crippen molar-refractivity contribution in [3.8, 4) is 6.07 Å². The highest BCUT2D eigenvalue weighted by molar-refractivity contribution is 5.83. The highest BCUT2D eigenvalue weighted by Crippen LogP contribution is 2.00. The van der Waals surface area contributed by atoms with Gasteiger partial charge in [0.15, 0.2) is 0 Å². The number of nitrogens with one attached hydrogen (secondary N) is 2. The molecular formula is C10H12N4O3. The number of carbonyl (C=O) groups is 2. The van der Waals surface area contributed by atoms with Crippen LogP contribution in [0.4, 0.5) is 0 Å². The molecule has 1 atom stereocenters. The molecular weight excluding hydrogens is 224 g/mol. The number of H-pyrrole nitrogens is 1. The Hall–Kier alpha value is -2.36. The van der Waals surface area contributed by atoms with Crippen LogP contribution in [0.25, 0.3) is 0 Å². The molecule has 0 saturated carbocycles. The van der Waals surface area contributed by atoms with E-state index in [0.29, 0.717) is 5.69 Å². The van der Waals surface area contributed by atoms with Crippen molar-refractivity contribution in [1.29, 1.82) is 5.26 Å². The van der Waals surface area contributed by atoms with Crippen LogP contribution >= 0.6 is 0 Å². The number of nitriles is 1. The van der Waals surface area contributed by atoms with Crippen LogP contribution in [0.15, 0.2) is 12.5 Å². The molecule has 0 aliphatic rings. The fourth-order valence-electron chi connectivity index (χ4n) is 1.25. The smallest absolute Gasteiger partial charge is 0.326 e. The lowest BCUT2D eigenvalue weighted by Crippen LogP contribution is -2.42. The third kappa shape index (κ3) is 4.34. The lowest BCUT2D eigenvalue weighted by atomic mass is 10.1. The van der Waals surface area contributed by atoms with Gasteiger partial charge in [-0.15, -0.1) is 0 Å². The van der Waals surface area contributed by atoms with Gasteiger partial charge in [0.2, 0.25) is 5.91 Å². The molecule has 90 valence electrons. The van der Waals surface area contributed by atoms with Crippen molar-refractivity contribution in [3.63, 3.8) is 0 Å². The Morgan fingerprint density at radius 3 is 2.94 bits per heavy atom. The predicted octanol–water partition coefficient (Wildman–Crippen LogP) is -0.175. The molecule has 3 N–H and O–H groups in total. The summed E-state index contributed by atoms with van der Waals surface area (Å²) in [6.45, 7) is 0. The van der Waals surface area contributed by atoms with Crippen LogP contribution < -0.4 is 5.32 Å². The van der Waals surface area contributed by atoms with E-state index in [1.165, 1.54) is 12.5 Å². The number of hydrogen-bond donors (Lipinski definition) is 3. The van der Waals surface area contributed by atoms with E-state index in [9.17, 15) is 9.59 Å². The summed E-state index contributed by atoms with van der Waals surface area (Å²) in [4.78, 5) is 28.7. The average Bonchev–Trinajstić information content (AvgIpc) is 2.78. The monoisotopic (exact) mass is 236 g/mol. The minimum absolute atomic E-state index is 0.00323. The van der Waals surface area contributed by atoms with Gasteiger partial charge in [-0.1, -0.05) is 0 Å². The molecule has 17 heavy (non-hydrogen) atoms. The Morgan fingerprint density at radius 1 is 1.65 bits per heavy atom. The van der Waals surface area contributed by atoms with Crippen LogP contribution in [0, 0.1) is 11.3 Å². The second-order valence-corrected chi connectivity index (χ2v) is 3.40. The number of hydrogen-bond acceptors (Lipinski definition) is 4. The third-order valence-electron chi connectivity index (χ3n) is 2.08. The van der Waals surface area contributed by atoms with Gasteiger partial charge >= 0.3 is 5.97 Å². The Balaban J connectivity index is 2.52. The molecule has 1 aromatic heterocycles. The zero-order valence-corrected chi connectivity index (χ0v) is 9.01. The van der Waals surface area contributed by atoms with Gasteiger partial charge in [0.05, 0.1) is 12.4 Å². The van der Waals surface area contributed by atoms with Crippen molar-refractivity contribution in [2.45, 2.75) is 25.3 Å². The molecule has 1 heterocycles. The maximum atomic E-state index is 11.3. The van der Waals surface area contributed by atoms with E-state index in [2.05, 4.69) is 15.3 Å². The van der Waals surface area contributed by atoms with Gasteiger partial charge in [-0.25, -0.2) is 9.78 Å². The van der Waals surface area contributed by atoms with Crippen molar-refractivity contribution < 1.29 is 14.7 Å². The highest BCUT2D eigenvalue weighted by atomic mass is 16.4. The molecule has 1 rings (SSSR count). The van der Waals surface area contributed by atoms with E-state index >= 15 is 0 Å². The third-order valence-corrected chi connectivity index (χ3v) is 2.08. The van der Waals surface area contributed by atoms with Crippen molar-refractivity contribution >= 4 is 11.9 Å². The molecule has 0 fully saturated rings. The van der Waals surface area contributed by atoms with Crippen molar-refractivity contribution in [2.75, 3.05) is 0 Å². The van der Waals surface area contributed by atoms with E-state index in [1.54, 1.807) is 0 Å². The van der Waals surface area contributed by atoms with E-state index in [4.69, 9.17) is 10.4 Å². The lowest BCUT2D eigenvalue weighted by Gasteiger charge is -2.12. The summed E-state index contributed by atoms with van der Waals surface area (Å²) in [5, 5.41) is 19.6. The quantitative estimate of drug-likeness (QED) is 0.633. The maximum Gasteiger partial charge on any atom is 0.326 e. The maximum absolute atomic E-state index is 11.3. The number of imidazole rings is 1. The van der Waals surface area contributed by atoms with Gasteiger partial charge in [0, 0.05) is 31.2 Å². The topological polar surface area (TPSA) is 119 Å². The van der Waals surface area contributed by atoms with Crippen LogP contribution in [0.2, 0.25) is 0 Å². The molecule has 0 unspecified atom stereocenters. The van der Waals surface area contributed by atoms with Gasteiger partial charge in [-0.3, -0.25) is 4.79 Å². The molecule has 1 aromatic rings. The minimum Gasteiger partial charge on any atom is -0.480 e. The second kappa shape index (κ2) is 6.27. The lowest BCUT2D eigenvalue weighted by molar-refractivity contribution is -0.141. The summed E-state index contributed by atoms with van der Waals surface area (Å²) in [6.07, 6.45) is 3.14. The average molecular weight is 236 g/mol. The molecule has 0 aromatic carbocycles. The normalized spacial score (nSPS) is 11.5. The number of carbonyl (C=O) groups excluding carboxylic acids is 1. The van der Waals surface area contributed by atoms with Crippen LogP contribution in [0.5, 0.6) is 0 Å². The van der Waals surface area contributed by atoms with E-state index in [-0.39, 0.29) is 19.3 Å². The molecule has 7 nitrogen and oxygen atoms in total. The molecule has 1 amide bonds. The molecule has 0 aliphatic heterocycles. The molecule has 0 bridgehead atoms. The number of aromatic amines is 1. The Kier molecular flexibility index (Phi) is 4.69. The summed E-state index contributed by atoms with van der Waals surface area (Å²) in [5.41, 5.74) is 0.623. The van der Waals surface area contributed by atoms with Gasteiger partial charge in [0.25, 0.3) is 0 Å². The van der Waals surface area contributed by atoms with E-state index in [0.717, 1.165) is 0 Å². The standard InChI is InChI=1S/C10H12N4O3/c11-3-1-2-9(15)14-8(10(16)17)4-7-5-12-6-13-7/h5-6,8H,1-2,4H2,(H,12,13)(H,14,15)(H,16,17)/t8-/m0/s1. The fourth-order valence-corrected chi connectivity index (χ4v) is 1.25. The number of carboxylic acid groups (broad SMARTS) is 1. The number of nitrogens with zero attached hydrogens (tertiary/aromatic N) is 2. The number of amides is 1. The van der Waals surface area contributed by atoms with Crippen LogP contribution in [-0.2, 0) is 16.0 Å². The number of carboxylic acids is 1. The fraction of sp³-hybridized carbons (Fsp3) is 0.400. The van der Waals surface area contributed by atoms with Gasteiger partial charge in [0.1, 0.15) is 6.04 Å². The minimum atomic E-state index is -1.12. The first kappa shape index (κ1) is 12.7. The Bertz CT molecular complexity index is 421. The highest BCUT2D eigenvalue weighted by Gasteiger charge is 2.20. The molecule has 0 saturated heterocycles. The number of aliphatic carboxylic acids is 1. The van der Waals surface area contributed by atoms with Gasteiger partial charge < -0.3 is 15.4 Å². The molecule has 7 heteroatoms. The molecule has 0 aliphatic carbocycles. The molecule has 0 spiro atoms. The van der Waals surface area contributed by atoms with Gasteiger partial charge in [-0.05, 0) is 0 Å². The van der Waals surface area contributed by atoms with Crippen LogP contribution in [-0.4, -0.2) is 33.0 Å². The second-order valence-electron chi connectivity index (χ2n) is 3.40. The summed E-state index contributed by atoms with van der Waals surface area (Å²) in [6, 6.07) is 0.810. The van der Waals surface area contributed by atoms with Crippen molar-refractivity contribution in [2.24, 2.45) is 0 Å². The first-order valence-corrected chi connectivity index (χ1v) is 5.00. The van der Waals surface area contributed by atoms with Crippen LogP contribution in [0.1, 0.15) is 18.5 Å². The first-order chi connectivity index (χ1) is 8.13. The zero-order chi connectivity index (χ0) is 12.7. The van der Waals surface area contributed by atoms with E-state index < -0.39 is 17.9 Å². The van der Waals surface area contributed by atoms with E-state index in [1.807, 2.05) is 6.07 Å². The Morgan fingerprint density at radius 2 is 2.41 bits per heavy atom. The summed E-state index contributed by atoms with van der Waals surface area (Å²) < 4.78 is 0. The predicted molar refractivity (Wildman–Crippen MR) is 56.7 cm³/mol. The summed E-state index contributed by atoms with van der Waals surface area (Å²) >= 11 is 0. The van der Waals surface area contributed by atoms with Gasteiger partial charge in [-0.2, -0.15) is 5.26 Å². The SMILES string of the molecule is N#CCCC(=O)N[C@@H](Cc1cnc[nH]1)C(=O)O. The van der Waals surface area contributed by atoms with Crippen LogP contribution in [0.3, 0.4) is 0 Å². The zero-order valence-electron chi connectivity index (χ0n) is 9.01.